The van der Waals surface area contributed by atoms with Gasteiger partial charge in [-0.15, -0.1) is 0 Å². The van der Waals surface area contributed by atoms with Crippen molar-refractivity contribution in [1.29, 1.82) is 0 Å². The summed E-state index contributed by atoms with van der Waals surface area (Å²) in [6.45, 7) is 0. The average molecular weight is 281 g/mol. The maximum Gasteiger partial charge on any atom is 0.261 e. The standard InChI is InChI=1S/C16H15N3O2/c1-18-14-8-11(7-6-10(14)9-17-18)19-15(20)12-4-2-3-5-13(12)16(19)21/h6-9H,2-5H2,1H3. The van der Waals surface area contributed by atoms with E-state index >= 15 is 0 Å². The summed E-state index contributed by atoms with van der Waals surface area (Å²) in [5.74, 6) is -0.285. The lowest BCUT2D eigenvalue weighted by molar-refractivity contribution is -0.120. The molecule has 1 aromatic heterocycles. The van der Waals surface area contributed by atoms with Crippen LogP contribution in [0.5, 0.6) is 0 Å². The van der Waals surface area contributed by atoms with Crippen LogP contribution in [0.4, 0.5) is 5.69 Å². The van der Waals surface area contributed by atoms with Gasteiger partial charge in [-0.1, -0.05) is 0 Å². The predicted molar refractivity (Wildman–Crippen MR) is 78.7 cm³/mol. The first-order valence-corrected chi connectivity index (χ1v) is 7.19. The molecule has 0 spiro atoms. The lowest BCUT2D eigenvalue weighted by atomic mass is 9.93. The molecular formula is C16H15N3O2. The van der Waals surface area contributed by atoms with E-state index < -0.39 is 0 Å². The molecule has 0 N–H and O–H groups in total. The maximum atomic E-state index is 12.5. The number of fused-ring (bicyclic) bond motifs is 1. The van der Waals surface area contributed by atoms with Crippen LogP contribution in [0, 0.1) is 0 Å². The van der Waals surface area contributed by atoms with Crippen LogP contribution in [-0.2, 0) is 16.6 Å². The Morgan fingerprint density at radius 2 is 1.71 bits per heavy atom. The SMILES string of the molecule is Cn1ncc2ccc(N3C(=O)C4=C(CCCC4)C3=O)cc21. The minimum Gasteiger partial charge on any atom is -0.269 e. The van der Waals surface area contributed by atoms with E-state index in [0.29, 0.717) is 5.69 Å². The van der Waals surface area contributed by atoms with Gasteiger partial charge in [0.2, 0.25) is 0 Å². The molecule has 1 aliphatic heterocycles. The highest BCUT2D eigenvalue weighted by Crippen LogP contribution is 2.36. The third-order valence-electron chi connectivity index (χ3n) is 4.38. The number of carbonyl (C=O) groups is 2. The summed E-state index contributed by atoms with van der Waals surface area (Å²) in [6.07, 6.45) is 5.21. The molecule has 21 heavy (non-hydrogen) atoms. The van der Waals surface area contributed by atoms with Crippen LogP contribution < -0.4 is 4.90 Å². The van der Waals surface area contributed by atoms with E-state index in [-0.39, 0.29) is 11.8 Å². The van der Waals surface area contributed by atoms with Crippen LogP contribution in [0.15, 0.2) is 35.5 Å². The second-order valence-corrected chi connectivity index (χ2v) is 5.62. The summed E-state index contributed by atoms with van der Waals surface area (Å²) in [6, 6.07) is 5.57. The molecule has 5 heteroatoms. The highest BCUT2D eigenvalue weighted by atomic mass is 16.2. The van der Waals surface area contributed by atoms with Gasteiger partial charge in [0.05, 0.1) is 17.4 Å². The summed E-state index contributed by atoms with van der Waals surface area (Å²) < 4.78 is 1.75. The Balaban J connectivity index is 1.80. The van der Waals surface area contributed by atoms with Gasteiger partial charge in [0.1, 0.15) is 0 Å². The van der Waals surface area contributed by atoms with Crippen LogP contribution >= 0.6 is 0 Å². The molecule has 0 atom stereocenters. The van der Waals surface area contributed by atoms with E-state index in [2.05, 4.69) is 5.10 Å². The molecule has 2 amide bonds. The van der Waals surface area contributed by atoms with Crippen molar-refractivity contribution in [3.8, 4) is 0 Å². The molecule has 0 unspecified atom stereocenters. The molecule has 0 saturated carbocycles. The van der Waals surface area contributed by atoms with E-state index in [1.165, 1.54) is 4.90 Å². The minimum absolute atomic E-state index is 0.142. The highest BCUT2D eigenvalue weighted by Gasteiger charge is 2.39. The fraction of sp³-hybridized carbons (Fsp3) is 0.312. The molecule has 1 aliphatic carbocycles. The zero-order chi connectivity index (χ0) is 14.6. The van der Waals surface area contributed by atoms with Gasteiger partial charge in [-0.3, -0.25) is 14.3 Å². The summed E-state index contributed by atoms with van der Waals surface area (Å²) in [5, 5.41) is 5.19. The average Bonchev–Trinajstić information content (AvgIpc) is 2.99. The van der Waals surface area contributed by atoms with E-state index in [1.54, 1.807) is 10.9 Å². The molecule has 1 aromatic carbocycles. The fourth-order valence-electron chi connectivity index (χ4n) is 3.25. The second kappa shape index (κ2) is 4.28. The first-order chi connectivity index (χ1) is 10.2. The lowest BCUT2D eigenvalue weighted by Crippen LogP contribution is -2.31. The minimum atomic E-state index is -0.142. The number of imide groups is 1. The molecule has 2 aromatic rings. The topological polar surface area (TPSA) is 55.2 Å². The summed E-state index contributed by atoms with van der Waals surface area (Å²) in [5.41, 5.74) is 2.99. The van der Waals surface area contributed by atoms with E-state index in [1.807, 2.05) is 25.2 Å². The molecule has 0 radical (unpaired) electrons. The molecule has 106 valence electrons. The third kappa shape index (κ3) is 1.67. The molecule has 4 rings (SSSR count). The van der Waals surface area contributed by atoms with E-state index in [0.717, 1.165) is 47.7 Å². The van der Waals surface area contributed by atoms with Gasteiger partial charge in [-0.25, -0.2) is 4.90 Å². The largest absolute Gasteiger partial charge is 0.269 e. The van der Waals surface area contributed by atoms with Gasteiger partial charge in [0, 0.05) is 23.6 Å². The fourth-order valence-corrected chi connectivity index (χ4v) is 3.25. The van der Waals surface area contributed by atoms with Crippen LogP contribution in [0.25, 0.3) is 10.9 Å². The number of hydrogen-bond acceptors (Lipinski definition) is 3. The summed E-state index contributed by atoms with van der Waals surface area (Å²) in [7, 11) is 1.85. The molecule has 2 aliphatic rings. The van der Waals surface area contributed by atoms with Crippen molar-refractivity contribution in [3.63, 3.8) is 0 Å². The summed E-state index contributed by atoms with van der Waals surface area (Å²) in [4.78, 5) is 26.4. The number of aryl methyl sites for hydroxylation is 1. The van der Waals surface area contributed by atoms with Gasteiger partial charge in [-0.2, -0.15) is 5.10 Å². The zero-order valence-electron chi connectivity index (χ0n) is 11.8. The van der Waals surface area contributed by atoms with Crippen molar-refractivity contribution in [1.82, 2.24) is 9.78 Å². The van der Waals surface area contributed by atoms with Crippen LogP contribution in [0.1, 0.15) is 25.7 Å². The Kier molecular flexibility index (Phi) is 2.51. The number of benzene rings is 1. The van der Waals surface area contributed by atoms with Crippen molar-refractivity contribution < 1.29 is 9.59 Å². The lowest BCUT2D eigenvalue weighted by Gasteiger charge is -2.15. The van der Waals surface area contributed by atoms with Gasteiger partial charge >= 0.3 is 0 Å². The third-order valence-corrected chi connectivity index (χ3v) is 4.38. The van der Waals surface area contributed by atoms with Crippen molar-refractivity contribution in [2.45, 2.75) is 25.7 Å². The van der Waals surface area contributed by atoms with Crippen molar-refractivity contribution in [2.75, 3.05) is 4.90 Å². The van der Waals surface area contributed by atoms with Crippen molar-refractivity contribution in [2.24, 2.45) is 7.05 Å². The van der Waals surface area contributed by atoms with Crippen LogP contribution in [0.3, 0.4) is 0 Å². The Labute approximate surface area is 121 Å². The smallest absolute Gasteiger partial charge is 0.261 e. The Hall–Kier alpha value is -2.43. The normalized spacial score (nSPS) is 18.8. The monoisotopic (exact) mass is 281 g/mol. The quantitative estimate of drug-likeness (QED) is 0.754. The molecule has 0 saturated heterocycles. The number of rotatable bonds is 1. The highest BCUT2D eigenvalue weighted by molar-refractivity contribution is 6.33. The Morgan fingerprint density at radius 3 is 2.38 bits per heavy atom. The molecule has 5 nitrogen and oxygen atoms in total. The Bertz CT molecular complexity index is 788. The number of amides is 2. The molecule has 2 heterocycles. The van der Waals surface area contributed by atoms with Crippen LogP contribution in [-0.4, -0.2) is 21.6 Å². The number of carbonyl (C=O) groups excluding carboxylic acids is 2. The predicted octanol–water partition coefficient (Wildman–Crippen LogP) is 2.32. The van der Waals surface area contributed by atoms with Gasteiger partial charge in [0.25, 0.3) is 11.8 Å². The van der Waals surface area contributed by atoms with E-state index in [9.17, 15) is 9.59 Å². The second-order valence-electron chi connectivity index (χ2n) is 5.62. The number of anilines is 1. The van der Waals surface area contributed by atoms with Crippen molar-refractivity contribution in [3.05, 3.63) is 35.5 Å². The first-order valence-electron chi connectivity index (χ1n) is 7.19. The number of aromatic nitrogens is 2. The van der Waals surface area contributed by atoms with E-state index in [4.69, 9.17) is 0 Å². The summed E-state index contributed by atoms with van der Waals surface area (Å²) >= 11 is 0. The molecule has 0 bridgehead atoms. The molecule has 0 fully saturated rings. The number of hydrogen-bond donors (Lipinski definition) is 0. The van der Waals surface area contributed by atoms with Crippen LogP contribution in [0.2, 0.25) is 0 Å². The van der Waals surface area contributed by atoms with Gasteiger partial charge < -0.3 is 0 Å². The first kappa shape index (κ1) is 12.3. The van der Waals surface area contributed by atoms with Gasteiger partial charge in [-0.05, 0) is 43.9 Å². The zero-order valence-corrected chi connectivity index (χ0v) is 11.8. The molecular weight excluding hydrogens is 266 g/mol. The Morgan fingerprint density at radius 1 is 1.05 bits per heavy atom. The maximum absolute atomic E-state index is 12.5. The van der Waals surface area contributed by atoms with Crippen molar-refractivity contribution >= 4 is 28.4 Å². The van der Waals surface area contributed by atoms with Gasteiger partial charge in [0.15, 0.2) is 0 Å². The number of nitrogens with zero attached hydrogens (tertiary/aromatic N) is 3.